The maximum Gasteiger partial charge on any atom is -0.00517 e. The molecule has 0 unspecified atom stereocenters. The molecule has 2 N–H and O–H groups in total. The Bertz CT molecular complexity index is 40.8. The molecule has 0 heterocycles. The minimum atomic E-state index is 1.09. The van der Waals surface area contributed by atoms with E-state index in [-0.39, 0.29) is 0 Å². The summed E-state index contributed by atoms with van der Waals surface area (Å²) in [7, 11) is 0. The van der Waals surface area contributed by atoms with E-state index in [0.29, 0.717) is 0 Å². The van der Waals surface area contributed by atoms with Crippen molar-refractivity contribution in [2.24, 2.45) is 0 Å². The Morgan fingerprint density at radius 1 is 0.727 bits per heavy atom. The van der Waals surface area contributed by atoms with Gasteiger partial charge in [0.15, 0.2) is 0 Å². The second-order valence-electron chi connectivity index (χ2n) is 2.31. The molecule has 0 rings (SSSR count). The average molecular weight is 160 g/mol. The van der Waals surface area contributed by atoms with Crippen molar-refractivity contribution < 1.29 is 0 Å². The van der Waals surface area contributed by atoms with E-state index in [0.717, 1.165) is 26.2 Å². The van der Waals surface area contributed by atoms with Gasteiger partial charge in [-0.3, -0.25) is 0 Å². The molecule has 0 aromatic heterocycles. The maximum absolute atomic E-state index is 3.20. The van der Waals surface area contributed by atoms with E-state index in [1.54, 1.807) is 0 Å². The van der Waals surface area contributed by atoms with Crippen LogP contribution >= 0.6 is 0 Å². The lowest BCUT2D eigenvalue weighted by Gasteiger charge is -1.91. The van der Waals surface area contributed by atoms with Crippen molar-refractivity contribution >= 4 is 0 Å². The Morgan fingerprint density at radius 2 is 1.18 bits per heavy atom. The minimum Gasteiger partial charge on any atom is -0.317 e. The predicted octanol–water partition coefficient (Wildman–Crippen LogP) is 1.62. The minimum absolute atomic E-state index is 1.09. The second kappa shape index (κ2) is 16.5. The molecule has 0 radical (unpaired) electrons. The Labute approximate surface area is 71.8 Å². The van der Waals surface area contributed by atoms with Crippen molar-refractivity contribution in [3.05, 3.63) is 0 Å². The highest BCUT2D eigenvalue weighted by Gasteiger charge is 1.71. The summed E-state index contributed by atoms with van der Waals surface area (Å²) >= 11 is 0. The van der Waals surface area contributed by atoms with Crippen molar-refractivity contribution in [1.29, 1.82) is 0 Å². The highest BCUT2D eigenvalue weighted by atomic mass is 14.8. The molecule has 0 aromatic carbocycles. The molecule has 0 atom stereocenters. The monoisotopic (exact) mass is 160 g/mol. The quantitative estimate of drug-likeness (QED) is 0.597. The lowest BCUT2D eigenvalue weighted by atomic mass is 10.5. The molecule has 2 nitrogen and oxygen atoms in total. The van der Waals surface area contributed by atoms with Gasteiger partial charge in [-0.05, 0) is 32.6 Å². The molecule has 0 bridgehead atoms. The molecular weight excluding hydrogens is 136 g/mol. The number of nitrogens with one attached hydrogen (secondary N) is 2. The van der Waals surface area contributed by atoms with Crippen LogP contribution in [0.4, 0.5) is 0 Å². The highest BCUT2D eigenvalue weighted by Crippen LogP contribution is 1.65. The molecule has 0 aromatic rings. The number of hydrogen-bond donors (Lipinski definition) is 2. The van der Waals surface area contributed by atoms with Gasteiger partial charge in [0, 0.05) is 0 Å². The third kappa shape index (κ3) is 25.7. The molecule has 11 heavy (non-hydrogen) atoms. The first kappa shape index (κ1) is 13.5. The van der Waals surface area contributed by atoms with Gasteiger partial charge in [-0.25, -0.2) is 0 Å². The topological polar surface area (TPSA) is 24.1 Å². The first-order chi connectivity index (χ1) is 5.33. The highest BCUT2D eigenvalue weighted by molar-refractivity contribution is 4.35. The molecule has 0 fully saturated rings. The maximum atomic E-state index is 3.20. The first-order valence-electron chi connectivity index (χ1n) is 4.74. The fourth-order valence-electron chi connectivity index (χ4n) is 0.604. The number of rotatable bonds is 5. The fourth-order valence-corrected chi connectivity index (χ4v) is 0.604. The van der Waals surface area contributed by atoms with Gasteiger partial charge in [0.05, 0.1) is 0 Å². The lowest BCUT2D eigenvalue weighted by Crippen LogP contribution is -2.12. The smallest absolute Gasteiger partial charge is 0.00517 e. The average Bonchev–Trinajstić information content (AvgIpc) is 2.04. The Hall–Kier alpha value is -0.0800. The normalized spacial score (nSPS) is 8.73. The van der Waals surface area contributed by atoms with Gasteiger partial charge in [0.2, 0.25) is 0 Å². The van der Waals surface area contributed by atoms with Crippen molar-refractivity contribution in [2.45, 2.75) is 34.1 Å². The predicted molar refractivity (Wildman–Crippen MR) is 53.1 cm³/mol. The third-order valence-corrected chi connectivity index (χ3v) is 1.18. The van der Waals surface area contributed by atoms with E-state index in [1.165, 1.54) is 6.42 Å². The molecule has 70 valence electrons. The second-order valence-corrected chi connectivity index (χ2v) is 2.31. The third-order valence-electron chi connectivity index (χ3n) is 1.18. The van der Waals surface area contributed by atoms with Crippen LogP contribution in [-0.2, 0) is 0 Å². The van der Waals surface area contributed by atoms with Gasteiger partial charge in [0.1, 0.15) is 0 Å². The SMILES string of the molecule is CCCNCC.CCNCC. The molecular formula is C9H24N2. The van der Waals surface area contributed by atoms with Crippen LogP contribution in [0.15, 0.2) is 0 Å². The van der Waals surface area contributed by atoms with E-state index < -0.39 is 0 Å². The Kier molecular flexibility index (Phi) is 20.2. The summed E-state index contributed by atoms with van der Waals surface area (Å²) in [6.07, 6.45) is 1.24. The summed E-state index contributed by atoms with van der Waals surface area (Å²) in [6, 6.07) is 0. The van der Waals surface area contributed by atoms with Gasteiger partial charge in [-0.15, -0.1) is 0 Å². The van der Waals surface area contributed by atoms with E-state index in [2.05, 4.69) is 38.3 Å². The Morgan fingerprint density at radius 3 is 1.27 bits per heavy atom. The zero-order chi connectivity index (χ0) is 8.95. The molecule has 0 aliphatic heterocycles. The Balaban J connectivity index is 0. The van der Waals surface area contributed by atoms with Crippen LogP contribution in [0.5, 0.6) is 0 Å². The largest absolute Gasteiger partial charge is 0.317 e. The summed E-state index contributed by atoms with van der Waals surface area (Å²) in [5.41, 5.74) is 0. The van der Waals surface area contributed by atoms with Crippen LogP contribution in [0.3, 0.4) is 0 Å². The summed E-state index contributed by atoms with van der Waals surface area (Å²) in [5, 5.41) is 6.31. The zero-order valence-corrected chi connectivity index (χ0v) is 8.54. The number of hydrogen-bond acceptors (Lipinski definition) is 2. The van der Waals surface area contributed by atoms with Gasteiger partial charge in [-0.1, -0.05) is 27.7 Å². The van der Waals surface area contributed by atoms with Crippen LogP contribution < -0.4 is 10.6 Å². The van der Waals surface area contributed by atoms with Gasteiger partial charge < -0.3 is 10.6 Å². The van der Waals surface area contributed by atoms with Gasteiger partial charge in [0.25, 0.3) is 0 Å². The van der Waals surface area contributed by atoms with Crippen molar-refractivity contribution in [3.8, 4) is 0 Å². The molecule has 0 saturated heterocycles. The molecule has 0 aliphatic rings. The van der Waals surface area contributed by atoms with Crippen LogP contribution in [0.2, 0.25) is 0 Å². The summed E-state index contributed by atoms with van der Waals surface area (Å²) in [5.74, 6) is 0. The van der Waals surface area contributed by atoms with Crippen LogP contribution in [0.1, 0.15) is 34.1 Å². The molecule has 0 spiro atoms. The van der Waals surface area contributed by atoms with E-state index >= 15 is 0 Å². The lowest BCUT2D eigenvalue weighted by molar-refractivity contribution is 0.703. The summed E-state index contributed by atoms with van der Waals surface area (Å²) < 4.78 is 0. The summed E-state index contributed by atoms with van der Waals surface area (Å²) in [4.78, 5) is 0. The van der Waals surface area contributed by atoms with Crippen molar-refractivity contribution in [2.75, 3.05) is 26.2 Å². The van der Waals surface area contributed by atoms with Gasteiger partial charge >= 0.3 is 0 Å². The van der Waals surface area contributed by atoms with E-state index in [9.17, 15) is 0 Å². The molecule has 0 amide bonds. The first-order valence-corrected chi connectivity index (χ1v) is 4.74. The molecule has 0 saturated carbocycles. The van der Waals surface area contributed by atoms with Crippen LogP contribution in [0.25, 0.3) is 0 Å². The van der Waals surface area contributed by atoms with E-state index in [4.69, 9.17) is 0 Å². The molecule has 2 heteroatoms. The van der Waals surface area contributed by atoms with Crippen molar-refractivity contribution in [1.82, 2.24) is 10.6 Å². The van der Waals surface area contributed by atoms with Crippen LogP contribution in [0, 0.1) is 0 Å². The fraction of sp³-hybridized carbons (Fsp3) is 1.00. The van der Waals surface area contributed by atoms with Crippen molar-refractivity contribution in [3.63, 3.8) is 0 Å². The van der Waals surface area contributed by atoms with E-state index in [1.807, 2.05) is 0 Å². The standard InChI is InChI=1S/C5H13N.C4H11N/c1-3-5-6-4-2;1-3-5-4-2/h6H,3-5H2,1-2H3;5H,3-4H2,1-2H3. The molecule has 0 aliphatic carbocycles. The summed E-state index contributed by atoms with van der Waals surface area (Å²) in [6.45, 7) is 12.9. The van der Waals surface area contributed by atoms with Crippen LogP contribution in [-0.4, -0.2) is 26.2 Å². The van der Waals surface area contributed by atoms with Gasteiger partial charge in [-0.2, -0.15) is 0 Å². The zero-order valence-electron chi connectivity index (χ0n) is 8.54.